The van der Waals surface area contributed by atoms with Crippen molar-refractivity contribution < 1.29 is 4.74 Å². The summed E-state index contributed by atoms with van der Waals surface area (Å²) in [6.07, 6.45) is 5.33. The van der Waals surface area contributed by atoms with Gasteiger partial charge in [-0.2, -0.15) is 0 Å². The van der Waals surface area contributed by atoms with Crippen LogP contribution in [-0.4, -0.2) is 31.1 Å². The van der Waals surface area contributed by atoms with Crippen molar-refractivity contribution in [2.45, 2.75) is 46.1 Å². The highest BCUT2D eigenvalue weighted by atomic mass is 16.5. The standard InChI is InChI=1S/C18H28N2O/c1-3-18(4-2)8-11-20(12-9-18)14-15-6-5-7-16-17(15)21-13-10-19-16/h5-7,19H,3-4,8-14H2,1-2H3. The van der Waals surface area contributed by atoms with E-state index in [-0.39, 0.29) is 0 Å². The lowest BCUT2D eigenvalue weighted by molar-refractivity contribution is 0.0902. The molecule has 1 fully saturated rings. The summed E-state index contributed by atoms with van der Waals surface area (Å²) in [7, 11) is 0. The Labute approximate surface area is 128 Å². The third kappa shape index (κ3) is 3.03. The fourth-order valence-corrected chi connectivity index (χ4v) is 3.74. The van der Waals surface area contributed by atoms with Gasteiger partial charge in [0.2, 0.25) is 0 Å². The maximum absolute atomic E-state index is 5.89. The van der Waals surface area contributed by atoms with E-state index in [9.17, 15) is 0 Å². The molecular formula is C18H28N2O. The van der Waals surface area contributed by atoms with Crippen molar-refractivity contribution in [3.8, 4) is 5.75 Å². The van der Waals surface area contributed by atoms with Gasteiger partial charge in [0.25, 0.3) is 0 Å². The van der Waals surface area contributed by atoms with Crippen molar-refractivity contribution in [1.29, 1.82) is 0 Å². The van der Waals surface area contributed by atoms with Crippen molar-refractivity contribution in [3.63, 3.8) is 0 Å². The molecule has 1 aromatic carbocycles. The van der Waals surface area contributed by atoms with E-state index in [1.54, 1.807) is 0 Å². The summed E-state index contributed by atoms with van der Waals surface area (Å²) in [6, 6.07) is 6.48. The zero-order chi connectivity index (χ0) is 14.7. The number of hydrogen-bond donors (Lipinski definition) is 1. The van der Waals surface area contributed by atoms with Crippen molar-refractivity contribution in [3.05, 3.63) is 23.8 Å². The number of nitrogens with one attached hydrogen (secondary N) is 1. The molecule has 0 amide bonds. The van der Waals surface area contributed by atoms with Crippen LogP contribution in [0.15, 0.2) is 18.2 Å². The van der Waals surface area contributed by atoms with E-state index in [0.717, 1.165) is 31.1 Å². The minimum absolute atomic E-state index is 0.602. The largest absolute Gasteiger partial charge is 0.489 e. The average Bonchev–Trinajstić information content (AvgIpc) is 2.56. The van der Waals surface area contributed by atoms with Crippen LogP contribution in [0.3, 0.4) is 0 Å². The molecule has 2 heterocycles. The smallest absolute Gasteiger partial charge is 0.146 e. The van der Waals surface area contributed by atoms with Crippen LogP contribution < -0.4 is 10.1 Å². The van der Waals surface area contributed by atoms with E-state index in [0.29, 0.717) is 5.41 Å². The fraction of sp³-hybridized carbons (Fsp3) is 0.667. The van der Waals surface area contributed by atoms with Gasteiger partial charge in [0.15, 0.2) is 0 Å². The van der Waals surface area contributed by atoms with Crippen LogP contribution in [0, 0.1) is 5.41 Å². The van der Waals surface area contributed by atoms with Gasteiger partial charge in [0.1, 0.15) is 12.4 Å². The molecule has 3 rings (SSSR count). The van der Waals surface area contributed by atoms with E-state index < -0.39 is 0 Å². The molecule has 1 N–H and O–H groups in total. The number of benzene rings is 1. The number of anilines is 1. The van der Waals surface area contributed by atoms with Crippen LogP contribution in [0.2, 0.25) is 0 Å². The second-order valence-electron chi connectivity index (χ2n) is 6.55. The average molecular weight is 288 g/mol. The number of rotatable bonds is 4. The summed E-state index contributed by atoms with van der Waals surface area (Å²) >= 11 is 0. The molecule has 0 unspecified atom stereocenters. The lowest BCUT2D eigenvalue weighted by Crippen LogP contribution is -2.39. The number of hydrogen-bond acceptors (Lipinski definition) is 3. The Morgan fingerprint density at radius 1 is 1.19 bits per heavy atom. The second kappa shape index (κ2) is 6.27. The maximum atomic E-state index is 5.89. The first-order valence-electron chi connectivity index (χ1n) is 8.47. The Morgan fingerprint density at radius 3 is 2.67 bits per heavy atom. The van der Waals surface area contributed by atoms with Gasteiger partial charge in [0.05, 0.1) is 5.69 Å². The van der Waals surface area contributed by atoms with E-state index >= 15 is 0 Å². The van der Waals surface area contributed by atoms with Crippen molar-refractivity contribution >= 4 is 5.69 Å². The van der Waals surface area contributed by atoms with E-state index in [4.69, 9.17) is 4.74 Å². The van der Waals surface area contributed by atoms with Gasteiger partial charge < -0.3 is 10.1 Å². The van der Waals surface area contributed by atoms with Crippen LogP contribution >= 0.6 is 0 Å². The van der Waals surface area contributed by atoms with Gasteiger partial charge in [-0.3, -0.25) is 4.90 Å². The summed E-state index contributed by atoms with van der Waals surface area (Å²) in [4.78, 5) is 2.59. The SMILES string of the molecule is CCC1(CC)CCN(Cc2cccc3c2OCCN3)CC1. The highest BCUT2D eigenvalue weighted by molar-refractivity contribution is 5.61. The molecule has 1 saturated heterocycles. The van der Waals surface area contributed by atoms with Gasteiger partial charge in [-0.05, 0) is 37.4 Å². The first-order valence-corrected chi connectivity index (χ1v) is 8.47. The predicted octanol–water partition coefficient (Wildman–Crippen LogP) is 3.89. The first kappa shape index (κ1) is 14.7. The third-order valence-corrected chi connectivity index (χ3v) is 5.57. The Bertz CT molecular complexity index is 472. The molecular weight excluding hydrogens is 260 g/mol. The molecule has 0 atom stereocenters. The molecule has 0 bridgehead atoms. The number of nitrogens with zero attached hydrogens (tertiary/aromatic N) is 1. The normalized spacial score (nSPS) is 21.2. The second-order valence-corrected chi connectivity index (χ2v) is 6.55. The molecule has 3 nitrogen and oxygen atoms in total. The third-order valence-electron chi connectivity index (χ3n) is 5.57. The predicted molar refractivity (Wildman–Crippen MR) is 88.0 cm³/mol. The quantitative estimate of drug-likeness (QED) is 0.909. The van der Waals surface area contributed by atoms with E-state index in [1.807, 2.05) is 0 Å². The molecule has 2 aliphatic rings. The van der Waals surface area contributed by atoms with Gasteiger partial charge >= 0.3 is 0 Å². The van der Waals surface area contributed by atoms with E-state index in [1.165, 1.54) is 44.3 Å². The van der Waals surface area contributed by atoms with Crippen LogP contribution in [-0.2, 0) is 6.54 Å². The minimum atomic E-state index is 0.602. The first-order chi connectivity index (χ1) is 10.3. The number of fused-ring (bicyclic) bond motifs is 1. The maximum Gasteiger partial charge on any atom is 0.146 e. The zero-order valence-corrected chi connectivity index (χ0v) is 13.5. The topological polar surface area (TPSA) is 24.5 Å². The van der Waals surface area contributed by atoms with Crippen molar-refractivity contribution in [2.75, 3.05) is 31.6 Å². The molecule has 0 aromatic heterocycles. The fourth-order valence-electron chi connectivity index (χ4n) is 3.74. The summed E-state index contributed by atoms with van der Waals surface area (Å²) in [6.45, 7) is 9.86. The molecule has 116 valence electrons. The number of para-hydroxylation sites is 1. The Balaban J connectivity index is 1.66. The van der Waals surface area contributed by atoms with Crippen LogP contribution in [0.5, 0.6) is 5.75 Å². The summed E-state index contributed by atoms with van der Waals surface area (Å²) in [5.41, 5.74) is 3.09. The zero-order valence-electron chi connectivity index (χ0n) is 13.5. The highest BCUT2D eigenvalue weighted by Crippen LogP contribution is 2.39. The molecule has 0 spiro atoms. The van der Waals surface area contributed by atoms with E-state index in [2.05, 4.69) is 42.3 Å². The van der Waals surface area contributed by atoms with Crippen molar-refractivity contribution in [2.24, 2.45) is 5.41 Å². The number of likely N-dealkylation sites (tertiary alicyclic amines) is 1. The lowest BCUT2D eigenvalue weighted by atomic mass is 9.74. The van der Waals surface area contributed by atoms with Crippen molar-refractivity contribution in [1.82, 2.24) is 4.90 Å². The molecule has 0 radical (unpaired) electrons. The van der Waals surface area contributed by atoms with Crippen LogP contribution in [0.25, 0.3) is 0 Å². The Kier molecular flexibility index (Phi) is 4.39. The summed E-state index contributed by atoms with van der Waals surface area (Å²) < 4.78 is 5.89. The van der Waals surface area contributed by atoms with Gasteiger partial charge in [-0.1, -0.05) is 38.8 Å². The van der Waals surface area contributed by atoms with Gasteiger partial charge in [-0.25, -0.2) is 0 Å². The van der Waals surface area contributed by atoms with Crippen LogP contribution in [0.4, 0.5) is 5.69 Å². The van der Waals surface area contributed by atoms with Gasteiger partial charge in [-0.15, -0.1) is 0 Å². The molecule has 0 aliphatic carbocycles. The summed E-state index contributed by atoms with van der Waals surface area (Å²) in [5.74, 6) is 1.08. The molecule has 2 aliphatic heterocycles. The minimum Gasteiger partial charge on any atom is -0.489 e. The molecule has 0 saturated carbocycles. The molecule has 21 heavy (non-hydrogen) atoms. The monoisotopic (exact) mass is 288 g/mol. The Morgan fingerprint density at radius 2 is 1.95 bits per heavy atom. The highest BCUT2D eigenvalue weighted by Gasteiger charge is 2.31. The van der Waals surface area contributed by atoms with Gasteiger partial charge in [0, 0.05) is 18.7 Å². The van der Waals surface area contributed by atoms with Crippen LogP contribution in [0.1, 0.15) is 45.1 Å². The lowest BCUT2D eigenvalue weighted by Gasteiger charge is -2.41. The Hall–Kier alpha value is -1.22. The number of piperidine rings is 1. The molecule has 1 aromatic rings. The summed E-state index contributed by atoms with van der Waals surface area (Å²) in [5, 5.41) is 3.43. The number of ether oxygens (including phenoxy) is 1. The molecule has 3 heteroatoms.